The molecule has 1 spiro atoms. The molecule has 1 heterocycles. The van der Waals surface area contributed by atoms with E-state index in [2.05, 4.69) is 17.1 Å². The van der Waals surface area contributed by atoms with Crippen LogP contribution < -0.4 is 5.32 Å². The fraction of sp³-hybridized carbons (Fsp3) is 0.944. The minimum Gasteiger partial charge on any atom is -0.334 e. The quantitative estimate of drug-likeness (QED) is 0.723. The van der Waals surface area contributed by atoms with Crippen LogP contribution in [0.1, 0.15) is 84.0 Å². The molecule has 0 bridgehead atoms. The molecule has 3 heteroatoms. The van der Waals surface area contributed by atoms with Crippen molar-refractivity contribution in [2.75, 3.05) is 19.6 Å². The summed E-state index contributed by atoms with van der Waals surface area (Å²) in [6, 6.07) is 0. The number of rotatable bonds is 7. The zero-order chi connectivity index (χ0) is 15.0. The first-order valence-electron chi connectivity index (χ1n) is 9.30. The molecule has 1 aliphatic heterocycles. The van der Waals surface area contributed by atoms with Gasteiger partial charge in [0.05, 0.1) is 5.54 Å². The highest BCUT2D eigenvalue weighted by atomic mass is 16.2. The van der Waals surface area contributed by atoms with Crippen LogP contribution in [0.15, 0.2) is 0 Å². The van der Waals surface area contributed by atoms with Crippen molar-refractivity contribution in [1.29, 1.82) is 0 Å². The molecular weight excluding hydrogens is 260 g/mol. The van der Waals surface area contributed by atoms with Crippen LogP contribution in [0.5, 0.6) is 0 Å². The molecule has 1 saturated carbocycles. The maximum atomic E-state index is 12.7. The molecular formula is C18H34N2O. The Hall–Kier alpha value is -0.570. The van der Waals surface area contributed by atoms with Gasteiger partial charge in [-0.05, 0) is 19.3 Å². The third kappa shape index (κ3) is 4.70. The van der Waals surface area contributed by atoms with Gasteiger partial charge in [0.15, 0.2) is 0 Å². The van der Waals surface area contributed by atoms with Gasteiger partial charge in [0.25, 0.3) is 0 Å². The Bertz CT molecular complexity index is 302. The topological polar surface area (TPSA) is 32.3 Å². The largest absolute Gasteiger partial charge is 0.334 e. The minimum atomic E-state index is 0.162. The van der Waals surface area contributed by atoms with Crippen LogP contribution in [0.25, 0.3) is 0 Å². The van der Waals surface area contributed by atoms with E-state index in [1.807, 2.05) is 0 Å². The SMILES string of the molecule is CCCCCCCCC(=O)N1CCNCC12CCCCC2. The molecule has 21 heavy (non-hydrogen) atoms. The number of hydrogen-bond acceptors (Lipinski definition) is 2. The smallest absolute Gasteiger partial charge is 0.223 e. The maximum Gasteiger partial charge on any atom is 0.223 e. The first-order chi connectivity index (χ1) is 10.3. The van der Waals surface area contributed by atoms with E-state index >= 15 is 0 Å². The summed E-state index contributed by atoms with van der Waals surface area (Å²) >= 11 is 0. The van der Waals surface area contributed by atoms with Crippen molar-refractivity contribution in [3.63, 3.8) is 0 Å². The van der Waals surface area contributed by atoms with Crippen LogP contribution in [0.4, 0.5) is 0 Å². The number of nitrogens with one attached hydrogen (secondary N) is 1. The summed E-state index contributed by atoms with van der Waals surface area (Å²) in [7, 11) is 0. The van der Waals surface area contributed by atoms with Gasteiger partial charge in [-0.3, -0.25) is 4.79 Å². The van der Waals surface area contributed by atoms with Crippen molar-refractivity contribution >= 4 is 5.91 Å². The fourth-order valence-corrected chi connectivity index (χ4v) is 4.08. The summed E-state index contributed by atoms with van der Waals surface area (Å²) in [6.07, 6.45) is 14.7. The molecule has 1 N–H and O–H groups in total. The van der Waals surface area contributed by atoms with E-state index in [0.29, 0.717) is 5.91 Å². The lowest BCUT2D eigenvalue weighted by Crippen LogP contribution is -2.63. The highest BCUT2D eigenvalue weighted by molar-refractivity contribution is 5.77. The highest BCUT2D eigenvalue weighted by Crippen LogP contribution is 2.35. The summed E-state index contributed by atoms with van der Waals surface area (Å²) in [6.45, 7) is 5.17. The molecule has 0 atom stereocenters. The van der Waals surface area contributed by atoms with Crippen LogP contribution >= 0.6 is 0 Å². The van der Waals surface area contributed by atoms with E-state index in [-0.39, 0.29) is 5.54 Å². The Labute approximate surface area is 130 Å². The zero-order valence-electron chi connectivity index (χ0n) is 14.0. The molecule has 0 aromatic rings. The Kier molecular flexibility index (Phi) is 7.01. The zero-order valence-corrected chi connectivity index (χ0v) is 14.0. The lowest BCUT2D eigenvalue weighted by molar-refractivity contribution is -0.141. The molecule has 0 unspecified atom stereocenters. The third-order valence-electron chi connectivity index (χ3n) is 5.37. The number of hydrogen-bond donors (Lipinski definition) is 1. The van der Waals surface area contributed by atoms with Crippen molar-refractivity contribution in [2.24, 2.45) is 0 Å². The monoisotopic (exact) mass is 294 g/mol. The molecule has 2 fully saturated rings. The Balaban J connectivity index is 1.76. The van der Waals surface area contributed by atoms with Gasteiger partial charge in [-0.15, -0.1) is 0 Å². The number of unbranched alkanes of at least 4 members (excludes halogenated alkanes) is 5. The molecule has 0 aromatic heterocycles. The lowest BCUT2D eigenvalue weighted by atomic mass is 9.79. The molecule has 3 nitrogen and oxygen atoms in total. The molecule has 122 valence electrons. The summed E-state index contributed by atoms with van der Waals surface area (Å²) in [4.78, 5) is 14.9. The van der Waals surface area contributed by atoms with Crippen LogP contribution in [0, 0.1) is 0 Å². The number of amides is 1. The highest BCUT2D eigenvalue weighted by Gasteiger charge is 2.41. The normalized spacial score (nSPS) is 21.7. The Morgan fingerprint density at radius 3 is 2.52 bits per heavy atom. The van der Waals surface area contributed by atoms with E-state index in [4.69, 9.17) is 0 Å². The average Bonchev–Trinajstić information content (AvgIpc) is 2.52. The molecule has 2 aliphatic rings. The van der Waals surface area contributed by atoms with Gasteiger partial charge in [-0.1, -0.05) is 58.3 Å². The van der Waals surface area contributed by atoms with E-state index < -0.39 is 0 Å². The number of carbonyl (C=O) groups excluding carboxylic acids is 1. The van der Waals surface area contributed by atoms with Crippen molar-refractivity contribution in [1.82, 2.24) is 10.2 Å². The number of carbonyl (C=O) groups is 1. The van der Waals surface area contributed by atoms with E-state index in [1.54, 1.807) is 0 Å². The van der Waals surface area contributed by atoms with Gasteiger partial charge in [0.2, 0.25) is 5.91 Å². The third-order valence-corrected chi connectivity index (χ3v) is 5.37. The Morgan fingerprint density at radius 2 is 1.76 bits per heavy atom. The van der Waals surface area contributed by atoms with Crippen LogP contribution in [-0.4, -0.2) is 36.0 Å². The van der Waals surface area contributed by atoms with E-state index in [0.717, 1.165) is 32.5 Å². The van der Waals surface area contributed by atoms with Gasteiger partial charge in [-0.25, -0.2) is 0 Å². The number of nitrogens with zero attached hydrogens (tertiary/aromatic N) is 1. The van der Waals surface area contributed by atoms with Crippen LogP contribution in [0.3, 0.4) is 0 Å². The van der Waals surface area contributed by atoms with Gasteiger partial charge in [-0.2, -0.15) is 0 Å². The standard InChI is InChI=1S/C18H34N2O/c1-2-3-4-5-6-8-11-17(21)20-15-14-19-16-18(20)12-9-7-10-13-18/h19H,2-16H2,1H3. The van der Waals surface area contributed by atoms with Gasteiger partial charge < -0.3 is 10.2 Å². The minimum absolute atomic E-state index is 0.162. The molecule has 1 saturated heterocycles. The van der Waals surface area contributed by atoms with Gasteiger partial charge in [0, 0.05) is 26.1 Å². The maximum absolute atomic E-state index is 12.7. The molecule has 0 aromatic carbocycles. The van der Waals surface area contributed by atoms with Crippen molar-refractivity contribution in [3.05, 3.63) is 0 Å². The van der Waals surface area contributed by atoms with Gasteiger partial charge in [0.1, 0.15) is 0 Å². The second-order valence-electron chi connectivity index (χ2n) is 7.02. The Morgan fingerprint density at radius 1 is 1.05 bits per heavy atom. The fourth-order valence-electron chi connectivity index (χ4n) is 4.08. The lowest BCUT2D eigenvalue weighted by Gasteiger charge is -2.50. The second kappa shape index (κ2) is 8.77. The molecule has 1 amide bonds. The summed E-state index contributed by atoms with van der Waals surface area (Å²) < 4.78 is 0. The summed E-state index contributed by atoms with van der Waals surface area (Å²) in [5, 5.41) is 3.53. The first-order valence-corrected chi connectivity index (χ1v) is 9.30. The first kappa shape index (κ1) is 16.8. The van der Waals surface area contributed by atoms with Crippen molar-refractivity contribution < 1.29 is 4.79 Å². The van der Waals surface area contributed by atoms with E-state index in [1.165, 1.54) is 64.2 Å². The van der Waals surface area contributed by atoms with Crippen LogP contribution in [-0.2, 0) is 4.79 Å². The van der Waals surface area contributed by atoms with Crippen molar-refractivity contribution in [2.45, 2.75) is 89.5 Å². The molecule has 0 radical (unpaired) electrons. The second-order valence-corrected chi connectivity index (χ2v) is 7.02. The molecule has 2 rings (SSSR count). The van der Waals surface area contributed by atoms with Crippen LogP contribution in [0.2, 0.25) is 0 Å². The summed E-state index contributed by atoms with van der Waals surface area (Å²) in [5.74, 6) is 0.425. The predicted octanol–water partition coefficient (Wildman–Crippen LogP) is 3.87. The summed E-state index contributed by atoms with van der Waals surface area (Å²) in [5.41, 5.74) is 0.162. The van der Waals surface area contributed by atoms with Crippen molar-refractivity contribution in [3.8, 4) is 0 Å². The van der Waals surface area contributed by atoms with Gasteiger partial charge >= 0.3 is 0 Å². The number of piperazine rings is 1. The predicted molar refractivity (Wildman–Crippen MR) is 88.4 cm³/mol. The van der Waals surface area contributed by atoms with E-state index in [9.17, 15) is 4.79 Å². The molecule has 1 aliphatic carbocycles. The average molecular weight is 294 g/mol.